The highest BCUT2D eigenvalue weighted by Gasteiger charge is 2.35. The highest BCUT2D eigenvalue weighted by Crippen LogP contribution is 2.36. The van der Waals surface area contributed by atoms with E-state index in [1.807, 2.05) is 0 Å². The van der Waals surface area contributed by atoms with Crippen LogP contribution in [-0.2, 0) is 6.18 Å². The number of alkyl halides is 3. The minimum Gasteiger partial charge on any atom is -0.478 e. The van der Waals surface area contributed by atoms with Gasteiger partial charge in [-0.3, -0.25) is 5.01 Å². The summed E-state index contributed by atoms with van der Waals surface area (Å²) < 4.78 is 52.0. The van der Waals surface area contributed by atoms with E-state index in [1.165, 1.54) is 6.07 Å². The van der Waals surface area contributed by atoms with Crippen LogP contribution in [0.2, 0.25) is 0 Å². The lowest BCUT2D eigenvalue weighted by Crippen LogP contribution is -2.15. The second kappa shape index (κ2) is 6.40. The van der Waals surface area contributed by atoms with E-state index < -0.39 is 23.5 Å². The predicted octanol–water partition coefficient (Wildman–Crippen LogP) is 4.27. The molecule has 2 aromatic rings. The SMILES string of the molecule is Cc1[nH]c(C2CC(c3ccc(C(F)(F)F)c(F)c3)=NN2C)c(C)c1C(=O)O. The van der Waals surface area contributed by atoms with E-state index in [9.17, 15) is 27.5 Å². The van der Waals surface area contributed by atoms with Crippen molar-refractivity contribution >= 4 is 11.7 Å². The molecule has 5 nitrogen and oxygen atoms in total. The molecule has 0 bridgehead atoms. The number of carboxylic acid groups (broad SMARTS) is 1. The number of hydrogen-bond donors (Lipinski definition) is 2. The third-order valence-electron chi connectivity index (χ3n) is 4.75. The van der Waals surface area contributed by atoms with Gasteiger partial charge in [0.1, 0.15) is 5.82 Å². The Labute approximate surface area is 152 Å². The summed E-state index contributed by atoms with van der Waals surface area (Å²) in [4.78, 5) is 14.5. The Morgan fingerprint density at radius 2 is 2.00 bits per heavy atom. The first-order chi connectivity index (χ1) is 12.5. The molecule has 144 valence electrons. The summed E-state index contributed by atoms with van der Waals surface area (Å²) in [6, 6.07) is 2.40. The van der Waals surface area contributed by atoms with Crippen LogP contribution in [-0.4, -0.2) is 33.8 Å². The van der Waals surface area contributed by atoms with E-state index in [0.29, 0.717) is 35.2 Å². The fraction of sp³-hybridized carbons (Fsp3) is 0.333. The number of aromatic amines is 1. The Morgan fingerprint density at radius 3 is 2.52 bits per heavy atom. The van der Waals surface area contributed by atoms with Gasteiger partial charge in [0.2, 0.25) is 0 Å². The summed E-state index contributed by atoms with van der Waals surface area (Å²) in [5.41, 5.74) is 1.31. The third kappa shape index (κ3) is 3.29. The van der Waals surface area contributed by atoms with Gasteiger partial charge >= 0.3 is 12.1 Å². The molecule has 0 radical (unpaired) electrons. The normalized spacial score (nSPS) is 17.4. The minimum atomic E-state index is -4.76. The summed E-state index contributed by atoms with van der Waals surface area (Å²) >= 11 is 0. The number of hydrogen-bond acceptors (Lipinski definition) is 3. The van der Waals surface area contributed by atoms with Crippen LogP contribution in [0.15, 0.2) is 23.3 Å². The molecular weight excluding hydrogens is 366 g/mol. The van der Waals surface area contributed by atoms with Crippen LogP contribution in [0.25, 0.3) is 0 Å². The van der Waals surface area contributed by atoms with Crippen molar-refractivity contribution in [3.8, 4) is 0 Å². The van der Waals surface area contributed by atoms with Crippen molar-refractivity contribution in [3.05, 3.63) is 57.7 Å². The third-order valence-corrected chi connectivity index (χ3v) is 4.75. The Hall–Kier alpha value is -2.84. The second-order valence-electron chi connectivity index (χ2n) is 6.50. The van der Waals surface area contributed by atoms with Crippen LogP contribution in [0.4, 0.5) is 17.6 Å². The van der Waals surface area contributed by atoms with Crippen LogP contribution in [0.1, 0.15) is 50.9 Å². The maximum absolute atomic E-state index is 13.9. The number of benzene rings is 1. The van der Waals surface area contributed by atoms with Crippen molar-refractivity contribution in [1.29, 1.82) is 0 Å². The first-order valence-corrected chi connectivity index (χ1v) is 8.10. The summed E-state index contributed by atoms with van der Waals surface area (Å²) in [6.07, 6.45) is -4.45. The molecule has 2 heterocycles. The monoisotopic (exact) mass is 383 g/mol. The smallest absolute Gasteiger partial charge is 0.419 e. The molecule has 1 aromatic heterocycles. The fourth-order valence-electron chi connectivity index (χ4n) is 3.43. The van der Waals surface area contributed by atoms with Gasteiger partial charge in [0.15, 0.2) is 0 Å². The van der Waals surface area contributed by atoms with Crippen molar-refractivity contribution < 1.29 is 27.5 Å². The molecule has 1 aliphatic rings. The zero-order valence-corrected chi connectivity index (χ0v) is 14.8. The average Bonchev–Trinajstić information content (AvgIpc) is 3.05. The molecule has 0 saturated carbocycles. The number of aryl methyl sites for hydroxylation is 1. The van der Waals surface area contributed by atoms with E-state index in [1.54, 1.807) is 25.9 Å². The molecular formula is C18H17F4N3O2. The van der Waals surface area contributed by atoms with E-state index in [2.05, 4.69) is 10.1 Å². The van der Waals surface area contributed by atoms with Gasteiger partial charge in [-0.25, -0.2) is 9.18 Å². The van der Waals surface area contributed by atoms with Crippen LogP contribution >= 0.6 is 0 Å². The number of carbonyl (C=O) groups is 1. The molecule has 0 fully saturated rings. The molecule has 0 spiro atoms. The first kappa shape index (κ1) is 18.9. The van der Waals surface area contributed by atoms with Gasteiger partial charge in [0.25, 0.3) is 0 Å². The summed E-state index contributed by atoms with van der Waals surface area (Å²) in [5, 5.41) is 15.2. The number of aromatic nitrogens is 1. The van der Waals surface area contributed by atoms with Gasteiger partial charge in [-0.05, 0) is 31.5 Å². The van der Waals surface area contributed by atoms with Crippen LogP contribution < -0.4 is 0 Å². The first-order valence-electron chi connectivity index (χ1n) is 8.10. The number of nitrogens with one attached hydrogen (secondary N) is 1. The average molecular weight is 383 g/mol. The summed E-state index contributed by atoms with van der Waals surface area (Å²) in [7, 11) is 1.67. The van der Waals surface area contributed by atoms with Crippen LogP contribution in [0, 0.1) is 19.7 Å². The molecule has 1 aromatic carbocycles. The van der Waals surface area contributed by atoms with Gasteiger partial charge in [-0.15, -0.1) is 0 Å². The second-order valence-corrected chi connectivity index (χ2v) is 6.50. The lowest BCUT2D eigenvalue weighted by Gasteiger charge is -2.18. The van der Waals surface area contributed by atoms with Crippen LogP contribution in [0.3, 0.4) is 0 Å². The highest BCUT2D eigenvalue weighted by atomic mass is 19.4. The largest absolute Gasteiger partial charge is 0.478 e. The molecule has 1 unspecified atom stereocenters. The van der Waals surface area contributed by atoms with Crippen molar-refractivity contribution in [3.63, 3.8) is 0 Å². The Bertz CT molecular complexity index is 947. The van der Waals surface area contributed by atoms with E-state index in [4.69, 9.17) is 0 Å². The van der Waals surface area contributed by atoms with E-state index in [-0.39, 0.29) is 17.2 Å². The zero-order chi connectivity index (χ0) is 20.1. The summed E-state index contributed by atoms with van der Waals surface area (Å²) in [5.74, 6) is -2.40. The van der Waals surface area contributed by atoms with Crippen molar-refractivity contribution in [2.45, 2.75) is 32.5 Å². The zero-order valence-electron chi connectivity index (χ0n) is 14.8. The maximum atomic E-state index is 13.9. The quantitative estimate of drug-likeness (QED) is 0.778. The van der Waals surface area contributed by atoms with Gasteiger partial charge in [-0.1, -0.05) is 6.07 Å². The molecule has 3 rings (SSSR count). The predicted molar refractivity (Wildman–Crippen MR) is 90.3 cm³/mol. The van der Waals surface area contributed by atoms with Gasteiger partial charge in [-0.2, -0.15) is 18.3 Å². The van der Waals surface area contributed by atoms with Crippen LogP contribution in [0.5, 0.6) is 0 Å². The molecule has 27 heavy (non-hydrogen) atoms. The molecule has 0 saturated heterocycles. The van der Waals surface area contributed by atoms with E-state index >= 15 is 0 Å². The maximum Gasteiger partial charge on any atom is 0.419 e. The molecule has 9 heteroatoms. The number of H-pyrrole nitrogens is 1. The van der Waals surface area contributed by atoms with Gasteiger partial charge in [0.05, 0.1) is 22.9 Å². The molecule has 0 amide bonds. The van der Waals surface area contributed by atoms with Crippen molar-refractivity contribution in [1.82, 2.24) is 9.99 Å². The summed E-state index contributed by atoms with van der Waals surface area (Å²) in [6.45, 7) is 3.34. The Balaban J connectivity index is 1.91. The highest BCUT2D eigenvalue weighted by molar-refractivity contribution is 6.02. The number of aromatic carboxylic acids is 1. The number of halogens is 4. The number of carboxylic acids is 1. The standard InChI is InChI=1S/C18H17F4N3O2/c1-8-15(17(26)27)9(2)23-16(8)14-7-13(24-25(14)3)10-4-5-11(12(19)6-10)18(20,21)22/h4-6,14,23H,7H2,1-3H3,(H,26,27). The van der Waals surface area contributed by atoms with E-state index in [0.717, 1.165) is 6.07 Å². The lowest BCUT2D eigenvalue weighted by molar-refractivity contribution is -0.140. The lowest BCUT2D eigenvalue weighted by atomic mass is 9.98. The van der Waals surface area contributed by atoms with Crippen molar-refractivity contribution in [2.75, 3.05) is 7.05 Å². The topological polar surface area (TPSA) is 68.7 Å². The number of rotatable bonds is 3. The molecule has 0 aliphatic carbocycles. The number of nitrogens with zero attached hydrogens (tertiary/aromatic N) is 2. The Morgan fingerprint density at radius 1 is 1.33 bits per heavy atom. The minimum absolute atomic E-state index is 0.187. The molecule has 1 aliphatic heterocycles. The van der Waals surface area contributed by atoms with Gasteiger partial charge in [0, 0.05) is 30.4 Å². The Kier molecular flexibility index (Phi) is 4.49. The van der Waals surface area contributed by atoms with Crippen molar-refractivity contribution in [2.24, 2.45) is 5.10 Å². The van der Waals surface area contributed by atoms with Gasteiger partial charge < -0.3 is 10.1 Å². The molecule has 1 atom stereocenters. The fourth-order valence-corrected chi connectivity index (χ4v) is 3.43. The number of hydrazone groups is 1. The molecule has 2 N–H and O–H groups in total.